The van der Waals surface area contributed by atoms with E-state index >= 15 is 0 Å². The first-order valence-corrected chi connectivity index (χ1v) is 5.91. The molecule has 1 heterocycles. The van der Waals surface area contributed by atoms with E-state index in [1.807, 2.05) is 6.26 Å². The molecular weight excluding hydrogens is 224 g/mol. The van der Waals surface area contributed by atoms with Crippen LogP contribution < -0.4 is 11.2 Å². The molecule has 6 heteroatoms. The van der Waals surface area contributed by atoms with Crippen molar-refractivity contribution in [3.05, 3.63) is 32.1 Å². The van der Waals surface area contributed by atoms with Gasteiger partial charge in [0, 0.05) is 12.6 Å². The third-order valence-electron chi connectivity index (χ3n) is 1.72. The van der Waals surface area contributed by atoms with Crippen molar-refractivity contribution in [3.8, 4) is 0 Å². The molecule has 0 atom stereocenters. The molecule has 0 saturated carbocycles. The summed E-state index contributed by atoms with van der Waals surface area (Å²) in [5, 5.41) is 0.0844. The second-order valence-electron chi connectivity index (χ2n) is 2.76. The van der Waals surface area contributed by atoms with E-state index in [-0.39, 0.29) is 10.7 Å². The van der Waals surface area contributed by atoms with E-state index in [1.54, 1.807) is 11.8 Å². The van der Waals surface area contributed by atoms with Crippen molar-refractivity contribution < 1.29 is 0 Å². The minimum Gasteiger partial charge on any atom is -0.298 e. The molecule has 1 aromatic rings. The molecule has 0 radical (unpaired) electrons. The fraction of sp³-hybridized carbons (Fsp3) is 0.500. The number of rotatable bonds is 4. The topological polar surface area (TPSA) is 54.9 Å². The number of aromatic amines is 1. The van der Waals surface area contributed by atoms with Crippen LogP contribution in [-0.4, -0.2) is 21.6 Å². The Hall–Kier alpha value is -0.680. The normalized spacial score (nSPS) is 10.4. The summed E-state index contributed by atoms with van der Waals surface area (Å²) in [5.74, 6) is 0.925. The first-order chi connectivity index (χ1) is 6.65. The van der Waals surface area contributed by atoms with E-state index in [0.717, 1.165) is 16.7 Å². The summed E-state index contributed by atoms with van der Waals surface area (Å²) in [6.07, 6.45) is 2.78. The second-order valence-corrected chi connectivity index (χ2v) is 4.15. The van der Waals surface area contributed by atoms with Crippen molar-refractivity contribution in [3.63, 3.8) is 0 Å². The molecule has 1 aromatic heterocycles. The van der Waals surface area contributed by atoms with Gasteiger partial charge in [-0.15, -0.1) is 0 Å². The van der Waals surface area contributed by atoms with Crippen LogP contribution in [0.3, 0.4) is 0 Å². The highest BCUT2D eigenvalue weighted by Gasteiger charge is 2.01. The Morgan fingerprint density at radius 1 is 1.57 bits per heavy atom. The van der Waals surface area contributed by atoms with Crippen LogP contribution in [0.4, 0.5) is 0 Å². The van der Waals surface area contributed by atoms with Crippen molar-refractivity contribution in [1.29, 1.82) is 0 Å². The number of hydrogen-bond acceptors (Lipinski definition) is 3. The minimum atomic E-state index is -0.441. The van der Waals surface area contributed by atoms with Gasteiger partial charge < -0.3 is 0 Å². The molecule has 0 aliphatic carbocycles. The lowest BCUT2D eigenvalue weighted by Crippen LogP contribution is -2.34. The molecule has 0 aliphatic rings. The van der Waals surface area contributed by atoms with E-state index in [0.29, 0.717) is 6.54 Å². The number of nitrogens with one attached hydrogen (secondary N) is 1. The SMILES string of the molecule is CSCCCn1c(=O)cc(Cl)[nH]c1=O. The Morgan fingerprint density at radius 3 is 2.86 bits per heavy atom. The fourth-order valence-corrected chi connectivity index (χ4v) is 1.66. The molecule has 0 aliphatic heterocycles. The number of nitrogens with zero attached hydrogens (tertiary/aromatic N) is 1. The predicted octanol–water partition coefficient (Wildman–Crippen LogP) is 0.943. The van der Waals surface area contributed by atoms with Gasteiger partial charge >= 0.3 is 5.69 Å². The van der Waals surface area contributed by atoms with Gasteiger partial charge in [0.15, 0.2) is 0 Å². The maximum absolute atomic E-state index is 11.3. The molecule has 0 amide bonds. The van der Waals surface area contributed by atoms with Crippen LogP contribution in [0.2, 0.25) is 5.15 Å². The van der Waals surface area contributed by atoms with Crippen LogP contribution in [0.5, 0.6) is 0 Å². The molecule has 14 heavy (non-hydrogen) atoms. The molecule has 4 nitrogen and oxygen atoms in total. The largest absolute Gasteiger partial charge is 0.329 e. The van der Waals surface area contributed by atoms with Gasteiger partial charge in [0.05, 0.1) is 0 Å². The Kier molecular flexibility index (Phi) is 4.28. The summed E-state index contributed by atoms with van der Waals surface area (Å²) < 4.78 is 1.15. The molecular formula is C8H11ClN2O2S. The van der Waals surface area contributed by atoms with Gasteiger partial charge in [0.25, 0.3) is 5.56 Å². The Morgan fingerprint density at radius 2 is 2.29 bits per heavy atom. The fourth-order valence-electron chi connectivity index (χ4n) is 1.07. The smallest absolute Gasteiger partial charge is 0.298 e. The van der Waals surface area contributed by atoms with Gasteiger partial charge in [-0.2, -0.15) is 11.8 Å². The molecule has 1 N–H and O–H groups in total. The standard InChI is InChI=1S/C8H11ClN2O2S/c1-14-4-2-3-11-7(12)5-6(9)10-8(11)13/h5H,2-4H2,1H3,(H,10,13). The summed E-state index contributed by atoms with van der Waals surface area (Å²) in [6, 6.07) is 1.21. The average molecular weight is 235 g/mol. The lowest BCUT2D eigenvalue weighted by Gasteiger charge is -2.02. The Balaban J connectivity index is 2.87. The Labute approximate surface area is 90.3 Å². The van der Waals surface area contributed by atoms with Crippen LogP contribution in [-0.2, 0) is 6.54 Å². The zero-order valence-electron chi connectivity index (χ0n) is 7.75. The molecule has 78 valence electrons. The van der Waals surface area contributed by atoms with Gasteiger partial charge in [-0.3, -0.25) is 14.3 Å². The number of thioether (sulfide) groups is 1. The van der Waals surface area contributed by atoms with E-state index in [2.05, 4.69) is 4.98 Å². The number of hydrogen-bond donors (Lipinski definition) is 1. The summed E-state index contributed by atoms with van der Waals surface area (Å²) in [7, 11) is 0. The van der Waals surface area contributed by atoms with Crippen molar-refractivity contribution in [1.82, 2.24) is 9.55 Å². The van der Waals surface area contributed by atoms with E-state index < -0.39 is 5.69 Å². The summed E-state index contributed by atoms with van der Waals surface area (Å²) >= 11 is 7.19. The first kappa shape index (κ1) is 11.4. The predicted molar refractivity (Wildman–Crippen MR) is 59.3 cm³/mol. The molecule has 0 aromatic carbocycles. The van der Waals surface area contributed by atoms with Crippen LogP contribution in [0, 0.1) is 0 Å². The number of aromatic nitrogens is 2. The highest BCUT2D eigenvalue weighted by atomic mass is 35.5. The van der Waals surface area contributed by atoms with E-state index in [4.69, 9.17) is 11.6 Å². The molecule has 0 saturated heterocycles. The second kappa shape index (κ2) is 5.26. The van der Waals surface area contributed by atoms with Gasteiger partial charge in [-0.1, -0.05) is 11.6 Å². The van der Waals surface area contributed by atoms with Gasteiger partial charge in [-0.05, 0) is 18.4 Å². The first-order valence-electron chi connectivity index (χ1n) is 4.13. The number of H-pyrrole nitrogens is 1. The summed E-state index contributed by atoms with van der Waals surface area (Å²) in [4.78, 5) is 25.0. The van der Waals surface area contributed by atoms with Crippen LogP contribution in [0.1, 0.15) is 6.42 Å². The maximum Gasteiger partial charge on any atom is 0.329 e. The van der Waals surface area contributed by atoms with Gasteiger partial charge in [0.1, 0.15) is 5.15 Å². The van der Waals surface area contributed by atoms with Crippen LogP contribution >= 0.6 is 23.4 Å². The van der Waals surface area contributed by atoms with Gasteiger partial charge in [-0.25, -0.2) is 4.79 Å². The summed E-state index contributed by atoms with van der Waals surface area (Å²) in [5.41, 5.74) is -0.788. The average Bonchev–Trinajstić information content (AvgIpc) is 2.09. The lowest BCUT2D eigenvalue weighted by atomic mass is 10.4. The van der Waals surface area contributed by atoms with E-state index in [9.17, 15) is 9.59 Å². The van der Waals surface area contributed by atoms with Crippen molar-refractivity contribution in [2.24, 2.45) is 0 Å². The Bertz CT molecular complexity index is 381. The highest BCUT2D eigenvalue weighted by molar-refractivity contribution is 7.98. The molecule has 0 bridgehead atoms. The van der Waals surface area contributed by atoms with Crippen LogP contribution in [0.25, 0.3) is 0 Å². The third kappa shape index (κ3) is 2.92. The number of halogens is 1. The third-order valence-corrected chi connectivity index (χ3v) is 2.62. The van der Waals surface area contributed by atoms with E-state index in [1.165, 1.54) is 6.07 Å². The zero-order valence-corrected chi connectivity index (χ0v) is 9.32. The monoisotopic (exact) mass is 234 g/mol. The summed E-state index contributed by atoms with van der Waals surface area (Å²) in [6.45, 7) is 0.437. The van der Waals surface area contributed by atoms with Gasteiger partial charge in [0.2, 0.25) is 0 Å². The molecule has 0 unspecified atom stereocenters. The van der Waals surface area contributed by atoms with Crippen LogP contribution in [0.15, 0.2) is 15.7 Å². The quantitative estimate of drug-likeness (QED) is 0.623. The maximum atomic E-state index is 11.3. The molecule has 0 spiro atoms. The highest BCUT2D eigenvalue weighted by Crippen LogP contribution is 1.97. The van der Waals surface area contributed by atoms with Crippen molar-refractivity contribution >= 4 is 23.4 Å². The van der Waals surface area contributed by atoms with Crippen molar-refractivity contribution in [2.45, 2.75) is 13.0 Å². The molecule has 0 fully saturated rings. The minimum absolute atomic E-state index is 0.0844. The zero-order chi connectivity index (χ0) is 10.6. The van der Waals surface area contributed by atoms with Crippen molar-refractivity contribution in [2.75, 3.05) is 12.0 Å². The molecule has 1 rings (SSSR count). The lowest BCUT2D eigenvalue weighted by molar-refractivity contribution is 0.619.